The summed E-state index contributed by atoms with van der Waals surface area (Å²) in [5, 5.41) is 11.2. The maximum atomic E-state index is 3.34. The molecule has 0 bridgehead atoms. The molecule has 4 heteroatoms. The van der Waals surface area contributed by atoms with E-state index in [1.165, 1.54) is 158 Å². The van der Waals surface area contributed by atoms with E-state index in [-0.39, 0.29) is 46.5 Å². The van der Waals surface area contributed by atoms with Crippen LogP contribution in [0.15, 0.2) is 97.1 Å². The zero-order valence-corrected chi connectivity index (χ0v) is 50.8. The van der Waals surface area contributed by atoms with E-state index in [4.69, 9.17) is 0 Å². The molecule has 0 saturated heterocycles. The van der Waals surface area contributed by atoms with E-state index in [1.54, 1.807) is 0 Å². The van der Waals surface area contributed by atoms with Crippen molar-refractivity contribution in [2.45, 2.75) is 160 Å². The minimum Gasteiger partial charge on any atom is -1.00 e. The molecule has 0 aliphatic carbocycles. The molecule has 0 aliphatic rings. The number of halogens is 2. The SMILES string of the molecule is Cc1cc2[cH-]cc(C(C)(C)C)c2cc1C.Cc1cc2[cH-]cc(C(C)(C)C)c2cc1C.Cc1cc2[cH-]cc(C(C)(C)C)c2cc1C.Cc1cc2[cH-]cc(C(C)(C)C)c2cc1C.[CH2]=[Zr+2].[CH2]=[Zr+2].[Cl-].[Cl-]. The van der Waals surface area contributed by atoms with Crippen LogP contribution in [-0.4, -0.2) is 8.42 Å². The van der Waals surface area contributed by atoms with Crippen LogP contribution >= 0.6 is 0 Å². The summed E-state index contributed by atoms with van der Waals surface area (Å²) >= 11 is 2.60. The Morgan fingerprint density at radius 1 is 0.288 bits per heavy atom. The normalized spacial score (nSPS) is 11.4. The number of aryl methyl sites for hydroxylation is 8. The predicted molar refractivity (Wildman–Crippen MR) is 285 cm³/mol. The second kappa shape index (κ2) is 24.8. The molecule has 0 atom stereocenters. The number of rotatable bonds is 0. The molecule has 352 valence electrons. The van der Waals surface area contributed by atoms with Crippen LogP contribution in [0.4, 0.5) is 0 Å². The number of benzene rings is 4. The minimum atomic E-state index is 0. The van der Waals surface area contributed by atoms with E-state index < -0.39 is 0 Å². The van der Waals surface area contributed by atoms with Crippen molar-refractivity contribution in [3.8, 4) is 0 Å². The molecule has 66 heavy (non-hydrogen) atoms. The fourth-order valence-corrected chi connectivity index (χ4v) is 8.51. The van der Waals surface area contributed by atoms with Gasteiger partial charge in [0.05, 0.1) is 0 Å². The van der Waals surface area contributed by atoms with Gasteiger partial charge < -0.3 is 24.8 Å². The zero-order valence-electron chi connectivity index (χ0n) is 44.4. The molecule has 0 N–H and O–H groups in total. The van der Waals surface area contributed by atoms with Gasteiger partial charge in [-0.2, -0.15) is 0 Å². The average molecular weight is 1080 g/mol. The average Bonchev–Trinajstić information content (AvgIpc) is 4.00. The van der Waals surface area contributed by atoms with E-state index in [0.717, 1.165) is 0 Å². The van der Waals surface area contributed by atoms with Gasteiger partial charge in [0.25, 0.3) is 0 Å². The van der Waals surface area contributed by atoms with Crippen LogP contribution in [0.1, 0.15) is 150 Å². The Balaban J connectivity index is 0.000000424. The maximum Gasteiger partial charge on any atom is -1.00 e. The molecule has 8 aromatic rings. The first-order chi connectivity index (χ1) is 29.6. The summed E-state index contributed by atoms with van der Waals surface area (Å²) in [6.07, 6.45) is 0. The Morgan fingerprint density at radius 3 is 0.561 bits per heavy atom. The molecule has 0 aromatic heterocycles. The quantitative estimate of drug-likeness (QED) is 0.133. The summed E-state index contributed by atoms with van der Waals surface area (Å²) in [6.45, 7) is 44.8. The van der Waals surface area contributed by atoms with E-state index >= 15 is 0 Å². The molecule has 0 saturated carbocycles. The molecule has 8 rings (SSSR count). The van der Waals surface area contributed by atoms with Crippen LogP contribution in [0.25, 0.3) is 43.1 Å². The summed E-state index contributed by atoms with van der Waals surface area (Å²) in [5.41, 5.74) is 17.9. The van der Waals surface area contributed by atoms with Crippen LogP contribution in [0, 0.1) is 55.4 Å². The molecule has 0 aliphatic heterocycles. The van der Waals surface area contributed by atoms with Crippen LogP contribution in [0.2, 0.25) is 0 Å². The van der Waals surface area contributed by atoms with Crippen molar-refractivity contribution in [3.05, 3.63) is 164 Å². The first-order valence-corrected chi connectivity index (χ1v) is 26.4. The molecule has 0 amide bonds. The second-order valence-corrected chi connectivity index (χ2v) is 22.1. The smallest absolute Gasteiger partial charge is 1.00 e. The van der Waals surface area contributed by atoms with Crippen molar-refractivity contribution in [2.75, 3.05) is 0 Å². The summed E-state index contributed by atoms with van der Waals surface area (Å²) < 4.78 is 6.68. The van der Waals surface area contributed by atoms with Gasteiger partial charge in [-0.1, -0.05) is 149 Å². The predicted octanol–water partition coefficient (Wildman–Crippen LogP) is 11.8. The second-order valence-electron chi connectivity index (χ2n) is 22.1. The minimum absolute atomic E-state index is 0. The Kier molecular flexibility index (Phi) is 23.1. The van der Waals surface area contributed by atoms with Gasteiger partial charge in [0, 0.05) is 0 Å². The van der Waals surface area contributed by atoms with E-state index in [9.17, 15) is 0 Å². The fraction of sp³-hybridized carbons (Fsp3) is 0.387. The summed E-state index contributed by atoms with van der Waals surface area (Å²) in [4.78, 5) is 0. The van der Waals surface area contributed by atoms with Crippen LogP contribution in [0.3, 0.4) is 0 Å². The van der Waals surface area contributed by atoms with E-state index in [0.29, 0.717) is 0 Å². The van der Waals surface area contributed by atoms with Gasteiger partial charge in [-0.05, 0) is 55.4 Å². The summed E-state index contributed by atoms with van der Waals surface area (Å²) in [7, 11) is 0. The molecule has 0 fully saturated rings. The molecule has 0 unspecified atom stereocenters. The standard InChI is InChI=1S/4C15H19.2CH2.2ClH.2Zr/c4*1-10-8-12-6-7-14(15(3,4)5)13(12)9-11(10)2;;;;;;/h4*6-9H,1-5H3;2*1H2;2*1H;;/q4*-1;;;;;2*+2/p-2. The van der Waals surface area contributed by atoms with Crippen molar-refractivity contribution in [2.24, 2.45) is 0 Å². The van der Waals surface area contributed by atoms with Crippen molar-refractivity contribution >= 4 is 51.5 Å². The molecule has 0 heterocycles. The van der Waals surface area contributed by atoms with Gasteiger partial charge >= 0.3 is 56.9 Å². The van der Waals surface area contributed by atoms with Crippen LogP contribution < -0.4 is 24.8 Å². The largest absolute Gasteiger partial charge is 1.00 e. The van der Waals surface area contributed by atoms with Crippen LogP contribution in [0.5, 0.6) is 0 Å². The Hall–Kier alpha value is -2.59. The van der Waals surface area contributed by atoms with Crippen molar-refractivity contribution in [3.63, 3.8) is 0 Å². The molecule has 0 nitrogen and oxygen atoms in total. The Morgan fingerprint density at radius 2 is 0.424 bits per heavy atom. The monoisotopic (exact) mass is 1070 g/mol. The summed E-state index contributed by atoms with van der Waals surface area (Å²) in [6, 6.07) is 36.5. The third kappa shape index (κ3) is 15.2. The molecule has 0 spiro atoms. The number of hydrogen-bond donors (Lipinski definition) is 0. The van der Waals surface area contributed by atoms with Crippen molar-refractivity contribution in [1.82, 2.24) is 0 Å². The van der Waals surface area contributed by atoms with E-state index in [1.807, 2.05) is 0 Å². The first kappa shape index (κ1) is 61.4. The van der Waals surface area contributed by atoms with Crippen LogP contribution in [-0.2, 0) is 70.1 Å². The topological polar surface area (TPSA) is 0 Å². The van der Waals surface area contributed by atoms with Gasteiger partial charge in [0.1, 0.15) is 0 Å². The first-order valence-electron chi connectivity index (χ1n) is 23.0. The Labute approximate surface area is 444 Å². The van der Waals surface area contributed by atoms with Crippen molar-refractivity contribution < 1.29 is 73.3 Å². The maximum absolute atomic E-state index is 3.34. The Bertz CT molecular complexity index is 2410. The number of fused-ring (bicyclic) bond motifs is 4. The third-order valence-electron chi connectivity index (χ3n) is 12.8. The molecule has 0 radical (unpaired) electrons. The van der Waals surface area contributed by atoms with Gasteiger partial charge in [0.15, 0.2) is 0 Å². The molecular formula is C62H80Cl2Zr2-2. The van der Waals surface area contributed by atoms with Gasteiger partial charge in [-0.3, -0.25) is 0 Å². The van der Waals surface area contributed by atoms with Gasteiger partial charge in [-0.25, -0.2) is 0 Å². The third-order valence-corrected chi connectivity index (χ3v) is 12.8. The molecule has 8 aromatic carbocycles. The van der Waals surface area contributed by atoms with Gasteiger partial charge in [-0.15, -0.1) is 162 Å². The molecular weight excluding hydrogens is 998 g/mol. The van der Waals surface area contributed by atoms with Gasteiger partial charge in [0.2, 0.25) is 0 Å². The zero-order chi connectivity index (χ0) is 48.9. The number of hydrogen-bond acceptors (Lipinski definition) is 0. The summed E-state index contributed by atoms with van der Waals surface area (Å²) in [5.74, 6) is 0. The van der Waals surface area contributed by atoms with E-state index in [2.05, 4.69) is 244 Å². The fourth-order valence-electron chi connectivity index (χ4n) is 8.51. The van der Waals surface area contributed by atoms with Crippen molar-refractivity contribution in [1.29, 1.82) is 0 Å².